The number of aromatic nitrogens is 3. The molecule has 0 N–H and O–H groups in total. The summed E-state index contributed by atoms with van der Waals surface area (Å²) in [7, 11) is 1.71. The number of likely N-dealkylation sites (tertiary alicyclic amines) is 1. The molecule has 0 aliphatic carbocycles. The number of hydrogen-bond donors (Lipinski definition) is 0. The molecule has 28 heavy (non-hydrogen) atoms. The van der Waals surface area contributed by atoms with Crippen LogP contribution in [-0.4, -0.2) is 51.8 Å². The number of carbonyl (C=O) groups is 1. The molecule has 1 amide bonds. The lowest BCUT2D eigenvalue weighted by Gasteiger charge is -2.16. The zero-order chi connectivity index (χ0) is 19.7. The van der Waals surface area contributed by atoms with E-state index in [9.17, 15) is 4.79 Å². The number of nitrogens with zero attached hydrogens (tertiary/aromatic N) is 4. The van der Waals surface area contributed by atoms with Gasteiger partial charge in [0.25, 0.3) is 0 Å². The van der Waals surface area contributed by atoms with Crippen LogP contribution in [0.1, 0.15) is 23.7 Å². The van der Waals surface area contributed by atoms with Crippen LogP contribution in [-0.2, 0) is 22.5 Å². The van der Waals surface area contributed by atoms with E-state index in [0.29, 0.717) is 26.1 Å². The second kappa shape index (κ2) is 7.75. The van der Waals surface area contributed by atoms with E-state index in [4.69, 9.17) is 9.26 Å². The average molecular weight is 382 g/mol. The van der Waals surface area contributed by atoms with E-state index in [1.54, 1.807) is 7.11 Å². The molecule has 3 aromatic rings. The van der Waals surface area contributed by atoms with Crippen molar-refractivity contribution in [2.75, 3.05) is 20.2 Å². The zero-order valence-electron chi connectivity index (χ0n) is 16.6. The Morgan fingerprint density at radius 2 is 2.11 bits per heavy atom. The average Bonchev–Trinajstić information content (AvgIpc) is 3.37. The predicted molar refractivity (Wildman–Crippen MR) is 105 cm³/mol. The summed E-state index contributed by atoms with van der Waals surface area (Å²) in [4.78, 5) is 19.3. The van der Waals surface area contributed by atoms with E-state index in [1.165, 1.54) is 0 Å². The quantitative estimate of drug-likeness (QED) is 0.655. The first-order valence-electron chi connectivity index (χ1n) is 9.69. The Kier molecular flexibility index (Phi) is 5.17. The number of amides is 1. The number of rotatable bonds is 6. The maximum atomic E-state index is 12.9. The van der Waals surface area contributed by atoms with Crippen molar-refractivity contribution in [3.05, 3.63) is 47.6 Å². The van der Waals surface area contributed by atoms with Crippen molar-refractivity contribution in [1.82, 2.24) is 19.6 Å². The maximum absolute atomic E-state index is 12.9. The summed E-state index contributed by atoms with van der Waals surface area (Å²) in [5.41, 5.74) is 2.91. The molecular formula is C21H26N4O3. The second-order valence-corrected chi connectivity index (χ2v) is 7.52. The van der Waals surface area contributed by atoms with Gasteiger partial charge in [0.2, 0.25) is 5.91 Å². The fraction of sp³-hybridized carbons (Fsp3) is 0.476. The molecular weight excluding hydrogens is 356 g/mol. The Bertz CT molecular complexity index is 977. The molecule has 7 nitrogen and oxygen atoms in total. The van der Waals surface area contributed by atoms with Crippen LogP contribution in [0.3, 0.4) is 0 Å². The van der Waals surface area contributed by atoms with Gasteiger partial charge >= 0.3 is 0 Å². The Labute approximate surface area is 164 Å². The number of hydrogen-bond acceptors (Lipinski definition) is 5. The highest BCUT2D eigenvalue weighted by atomic mass is 16.5. The minimum Gasteiger partial charge on any atom is -0.379 e. The number of fused-ring (bicyclic) bond motifs is 1. The summed E-state index contributed by atoms with van der Waals surface area (Å²) in [6, 6.07) is 9.98. The number of benzene rings is 1. The molecule has 4 rings (SSSR count). The van der Waals surface area contributed by atoms with Crippen LogP contribution in [0.5, 0.6) is 0 Å². The molecule has 1 fully saturated rings. The number of aryl methyl sites for hydroxylation is 3. The van der Waals surface area contributed by atoms with Crippen LogP contribution < -0.4 is 0 Å². The van der Waals surface area contributed by atoms with Gasteiger partial charge in [0.05, 0.1) is 22.8 Å². The molecule has 1 saturated heterocycles. The van der Waals surface area contributed by atoms with Crippen molar-refractivity contribution in [1.29, 1.82) is 0 Å². The van der Waals surface area contributed by atoms with Gasteiger partial charge in [0, 0.05) is 51.6 Å². The van der Waals surface area contributed by atoms with Crippen LogP contribution in [0.15, 0.2) is 34.9 Å². The molecule has 0 saturated carbocycles. The molecule has 1 aliphatic rings. The molecule has 0 unspecified atom stereocenters. The van der Waals surface area contributed by atoms with Crippen molar-refractivity contribution in [2.45, 2.75) is 39.3 Å². The highest BCUT2D eigenvalue weighted by Gasteiger charge is 2.35. The highest BCUT2D eigenvalue weighted by molar-refractivity contribution is 5.78. The Morgan fingerprint density at radius 1 is 1.29 bits per heavy atom. The number of ether oxygens (including phenoxy) is 1. The largest absolute Gasteiger partial charge is 0.379 e. The lowest BCUT2D eigenvalue weighted by molar-refractivity contribution is -0.130. The summed E-state index contributed by atoms with van der Waals surface area (Å²) >= 11 is 0. The van der Waals surface area contributed by atoms with Crippen molar-refractivity contribution >= 4 is 16.9 Å². The first-order valence-corrected chi connectivity index (χ1v) is 9.69. The number of imidazole rings is 1. The minimum absolute atomic E-state index is 0.0187. The first kappa shape index (κ1) is 18.7. The molecule has 148 valence electrons. The first-order chi connectivity index (χ1) is 13.5. The third-order valence-electron chi connectivity index (χ3n) is 5.57. The predicted octanol–water partition coefficient (Wildman–Crippen LogP) is 2.75. The van der Waals surface area contributed by atoms with Crippen LogP contribution in [0, 0.1) is 19.8 Å². The van der Waals surface area contributed by atoms with E-state index in [-0.39, 0.29) is 17.9 Å². The topological polar surface area (TPSA) is 73.4 Å². The summed E-state index contributed by atoms with van der Waals surface area (Å²) in [5.74, 6) is 2.15. The third kappa shape index (κ3) is 3.67. The van der Waals surface area contributed by atoms with Gasteiger partial charge < -0.3 is 18.7 Å². The van der Waals surface area contributed by atoms with Gasteiger partial charge in [0.1, 0.15) is 11.6 Å². The Hall–Kier alpha value is -2.67. The lowest BCUT2D eigenvalue weighted by Crippen LogP contribution is -2.30. The number of para-hydroxylation sites is 2. The van der Waals surface area contributed by atoms with E-state index in [0.717, 1.165) is 34.7 Å². The summed E-state index contributed by atoms with van der Waals surface area (Å²) in [6.07, 6.45) is 1.20. The minimum atomic E-state index is 0.0187. The summed E-state index contributed by atoms with van der Waals surface area (Å²) < 4.78 is 13.1. The van der Waals surface area contributed by atoms with Gasteiger partial charge in [-0.3, -0.25) is 4.79 Å². The van der Waals surface area contributed by atoms with Gasteiger partial charge in [-0.05, 0) is 26.0 Å². The fourth-order valence-electron chi connectivity index (χ4n) is 4.12. The van der Waals surface area contributed by atoms with Crippen LogP contribution in [0.4, 0.5) is 0 Å². The van der Waals surface area contributed by atoms with Crippen molar-refractivity contribution in [3.8, 4) is 0 Å². The standard InChI is InChI=1S/C21H26N4O3/c1-14-10-17(28-23-14)11-16-12-24(13-20(16)27-3)21(26)8-9-25-15(2)22-18-6-4-5-7-19(18)25/h4-7,10,16,20H,8-9,11-13H2,1-3H3/t16-,20+/m1/s1. The number of carbonyl (C=O) groups excluding carboxylic acids is 1. The SMILES string of the molecule is CO[C@H]1CN(C(=O)CCn2c(C)nc3ccccc32)C[C@H]1Cc1cc(C)no1. The van der Waals surface area contributed by atoms with Crippen LogP contribution in [0.25, 0.3) is 11.0 Å². The van der Waals surface area contributed by atoms with Crippen molar-refractivity contribution in [2.24, 2.45) is 5.92 Å². The molecule has 7 heteroatoms. The van der Waals surface area contributed by atoms with Crippen molar-refractivity contribution < 1.29 is 14.1 Å². The number of methoxy groups -OCH3 is 1. The molecule has 2 aromatic heterocycles. The van der Waals surface area contributed by atoms with Gasteiger partial charge in [-0.1, -0.05) is 17.3 Å². The second-order valence-electron chi connectivity index (χ2n) is 7.52. The van der Waals surface area contributed by atoms with E-state index in [1.807, 2.05) is 49.1 Å². The van der Waals surface area contributed by atoms with Crippen LogP contribution in [0.2, 0.25) is 0 Å². The molecule has 3 heterocycles. The Balaban J connectivity index is 1.40. The fourth-order valence-corrected chi connectivity index (χ4v) is 4.12. The van der Waals surface area contributed by atoms with Crippen molar-refractivity contribution in [3.63, 3.8) is 0 Å². The van der Waals surface area contributed by atoms with Crippen LogP contribution >= 0.6 is 0 Å². The molecule has 0 spiro atoms. The molecule has 2 atom stereocenters. The van der Waals surface area contributed by atoms with E-state index >= 15 is 0 Å². The van der Waals surface area contributed by atoms with Gasteiger partial charge in [-0.15, -0.1) is 0 Å². The molecule has 1 aliphatic heterocycles. The molecule has 0 radical (unpaired) electrons. The van der Waals surface area contributed by atoms with E-state index in [2.05, 4.69) is 14.7 Å². The van der Waals surface area contributed by atoms with Gasteiger partial charge in [-0.2, -0.15) is 0 Å². The normalized spacial score (nSPS) is 19.6. The Morgan fingerprint density at radius 3 is 2.86 bits per heavy atom. The lowest BCUT2D eigenvalue weighted by atomic mass is 10.0. The smallest absolute Gasteiger partial charge is 0.224 e. The van der Waals surface area contributed by atoms with Gasteiger partial charge in [-0.25, -0.2) is 4.98 Å². The maximum Gasteiger partial charge on any atom is 0.224 e. The summed E-state index contributed by atoms with van der Waals surface area (Å²) in [6.45, 7) is 5.83. The third-order valence-corrected chi connectivity index (χ3v) is 5.57. The monoisotopic (exact) mass is 382 g/mol. The zero-order valence-corrected chi connectivity index (χ0v) is 16.6. The van der Waals surface area contributed by atoms with Gasteiger partial charge in [0.15, 0.2) is 0 Å². The van der Waals surface area contributed by atoms with E-state index < -0.39 is 0 Å². The summed E-state index contributed by atoms with van der Waals surface area (Å²) in [5, 5.41) is 3.95. The highest BCUT2D eigenvalue weighted by Crippen LogP contribution is 2.25. The molecule has 0 bridgehead atoms. The molecule has 1 aromatic carbocycles.